The van der Waals surface area contributed by atoms with Crippen LogP contribution in [0.3, 0.4) is 0 Å². The molecule has 1 amide bonds. The molecule has 0 fully saturated rings. The number of rotatable bonds is 4. The highest BCUT2D eigenvalue weighted by Crippen LogP contribution is 2.42. The Morgan fingerprint density at radius 3 is 2.80 bits per heavy atom. The number of carbonyl (C=O) groups is 1. The van der Waals surface area contributed by atoms with E-state index in [1.807, 2.05) is 24.3 Å². The third-order valence-corrected chi connectivity index (χ3v) is 9.19. The number of pyridine rings is 2. The lowest BCUT2D eigenvalue weighted by atomic mass is 10.0. The lowest BCUT2D eigenvalue weighted by Gasteiger charge is -2.30. The highest BCUT2D eigenvalue weighted by atomic mass is 32.2. The molecule has 2 aromatic heterocycles. The van der Waals surface area contributed by atoms with Crippen molar-refractivity contribution in [2.75, 3.05) is 30.6 Å². The Morgan fingerprint density at radius 2 is 1.90 bits per heavy atom. The number of sulfone groups is 1. The van der Waals surface area contributed by atoms with E-state index < -0.39 is 9.84 Å². The van der Waals surface area contributed by atoms with Gasteiger partial charge in [-0.15, -0.1) is 0 Å². The normalized spacial score (nSPS) is 17.1. The van der Waals surface area contributed by atoms with Crippen LogP contribution in [0, 0.1) is 0 Å². The van der Waals surface area contributed by atoms with E-state index in [1.165, 1.54) is 11.6 Å². The number of benzene rings is 2. The van der Waals surface area contributed by atoms with E-state index in [0.717, 1.165) is 53.3 Å². The number of ether oxygens (including phenoxy) is 3. The smallest absolute Gasteiger partial charge is 0.251 e. The first-order chi connectivity index (χ1) is 19.4. The van der Waals surface area contributed by atoms with Crippen LogP contribution in [0.2, 0.25) is 0 Å². The van der Waals surface area contributed by atoms with E-state index in [-0.39, 0.29) is 48.7 Å². The number of aryl methyl sites for hydroxylation is 1. The van der Waals surface area contributed by atoms with Crippen molar-refractivity contribution in [2.24, 2.45) is 0 Å². The minimum absolute atomic E-state index is 0.103. The number of anilines is 2. The zero-order valence-electron chi connectivity index (χ0n) is 21.6. The van der Waals surface area contributed by atoms with Gasteiger partial charge in [-0.2, -0.15) is 0 Å². The topological polar surface area (TPSA) is 120 Å². The number of amides is 1. The standard InChI is InChI=1S/C29H26N4O6S/c34-29(19-3-4-21-16-37-8-9-40(35,36)27(21)11-19)31-15-22-12-23-20(14-30-22)5-6-28(32-23)33-7-1-2-18-10-25-26(13-24(18)33)39-17-38-25/h3-6,10-14H,1-2,7-9,15-17H2,(H,31,34). The van der Waals surface area contributed by atoms with Crippen LogP contribution in [0.25, 0.3) is 10.9 Å². The van der Waals surface area contributed by atoms with Crippen molar-refractivity contribution in [3.8, 4) is 11.5 Å². The number of hydrogen-bond donors (Lipinski definition) is 1. The molecule has 2 aromatic carbocycles. The molecular weight excluding hydrogens is 532 g/mol. The average Bonchev–Trinajstić information content (AvgIpc) is 3.37. The maximum absolute atomic E-state index is 12.9. The molecule has 0 bridgehead atoms. The Morgan fingerprint density at radius 1 is 1.02 bits per heavy atom. The molecule has 5 heterocycles. The zero-order valence-corrected chi connectivity index (χ0v) is 22.4. The summed E-state index contributed by atoms with van der Waals surface area (Å²) in [5, 5.41) is 3.74. The van der Waals surface area contributed by atoms with Crippen LogP contribution in [-0.4, -0.2) is 50.0 Å². The Kier molecular flexibility index (Phi) is 6.05. The van der Waals surface area contributed by atoms with Crippen molar-refractivity contribution in [2.45, 2.75) is 30.9 Å². The fourth-order valence-electron chi connectivity index (χ4n) is 5.34. The molecule has 204 valence electrons. The van der Waals surface area contributed by atoms with Crippen LogP contribution in [0.15, 0.2) is 59.6 Å². The van der Waals surface area contributed by atoms with Crippen LogP contribution < -0.4 is 19.7 Å². The molecule has 4 aromatic rings. The van der Waals surface area contributed by atoms with Gasteiger partial charge in [0, 0.05) is 35.4 Å². The molecule has 0 radical (unpaired) electrons. The summed E-state index contributed by atoms with van der Waals surface area (Å²) in [7, 11) is -3.50. The monoisotopic (exact) mass is 558 g/mol. The molecule has 0 saturated heterocycles. The summed E-state index contributed by atoms with van der Waals surface area (Å²) in [5.74, 6) is 1.87. The SMILES string of the molecule is O=C(NCc1cc2nc(N3CCCc4cc5c(cc43)OCO5)ccc2cn1)c1ccc2c(c1)S(=O)(=O)CCOC2. The van der Waals surface area contributed by atoms with Gasteiger partial charge in [-0.05, 0) is 60.4 Å². The molecule has 11 heteroatoms. The second-order valence-corrected chi connectivity index (χ2v) is 12.1. The Balaban J connectivity index is 1.12. The van der Waals surface area contributed by atoms with E-state index in [4.69, 9.17) is 19.2 Å². The largest absolute Gasteiger partial charge is 0.454 e. The van der Waals surface area contributed by atoms with Gasteiger partial charge < -0.3 is 24.4 Å². The molecular formula is C29H26N4O6S. The summed E-state index contributed by atoms with van der Waals surface area (Å²) in [5.41, 5.74) is 4.51. The lowest BCUT2D eigenvalue weighted by molar-refractivity contribution is 0.0950. The van der Waals surface area contributed by atoms with E-state index in [0.29, 0.717) is 11.3 Å². The molecule has 3 aliphatic rings. The fraction of sp³-hybridized carbons (Fsp3) is 0.276. The van der Waals surface area contributed by atoms with Crippen molar-refractivity contribution >= 4 is 38.2 Å². The van der Waals surface area contributed by atoms with Crippen LogP contribution in [0.4, 0.5) is 11.5 Å². The summed E-state index contributed by atoms with van der Waals surface area (Å²) >= 11 is 0. The van der Waals surface area contributed by atoms with Crippen LogP contribution in [-0.2, 0) is 34.1 Å². The van der Waals surface area contributed by atoms with Gasteiger partial charge >= 0.3 is 0 Å². The van der Waals surface area contributed by atoms with Crippen molar-refractivity contribution in [3.05, 3.63) is 77.1 Å². The quantitative estimate of drug-likeness (QED) is 0.400. The first kappa shape index (κ1) is 24.8. The third-order valence-electron chi connectivity index (χ3n) is 7.43. The number of fused-ring (bicyclic) bond motifs is 4. The number of aromatic nitrogens is 2. The molecule has 40 heavy (non-hydrogen) atoms. The molecule has 0 saturated carbocycles. The van der Waals surface area contributed by atoms with E-state index in [2.05, 4.69) is 21.3 Å². The number of carbonyl (C=O) groups excluding carboxylic acids is 1. The lowest BCUT2D eigenvalue weighted by Crippen LogP contribution is -2.25. The summed E-state index contributed by atoms with van der Waals surface area (Å²) in [6.45, 7) is 1.59. The first-order valence-electron chi connectivity index (χ1n) is 13.1. The molecule has 0 unspecified atom stereocenters. The van der Waals surface area contributed by atoms with Crippen molar-refractivity contribution in [1.29, 1.82) is 0 Å². The molecule has 7 rings (SSSR count). The van der Waals surface area contributed by atoms with E-state index in [9.17, 15) is 13.2 Å². The summed E-state index contributed by atoms with van der Waals surface area (Å²) in [4.78, 5) is 24.7. The highest BCUT2D eigenvalue weighted by molar-refractivity contribution is 7.91. The zero-order chi connectivity index (χ0) is 27.3. The molecule has 1 N–H and O–H groups in total. The molecule has 0 aliphatic carbocycles. The highest BCUT2D eigenvalue weighted by Gasteiger charge is 2.26. The van der Waals surface area contributed by atoms with Crippen LogP contribution in [0.1, 0.15) is 33.6 Å². The van der Waals surface area contributed by atoms with E-state index >= 15 is 0 Å². The maximum Gasteiger partial charge on any atom is 0.251 e. The number of hydrogen-bond acceptors (Lipinski definition) is 9. The number of nitrogens with zero attached hydrogens (tertiary/aromatic N) is 3. The minimum Gasteiger partial charge on any atom is -0.454 e. The van der Waals surface area contributed by atoms with Crippen molar-refractivity contribution in [3.63, 3.8) is 0 Å². The average molecular weight is 559 g/mol. The predicted molar refractivity (Wildman–Crippen MR) is 147 cm³/mol. The Hall–Kier alpha value is -4.22. The summed E-state index contributed by atoms with van der Waals surface area (Å²) in [6, 6.07) is 14.6. The fourth-order valence-corrected chi connectivity index (χ4v) is 6.73. The van der Waals surface area contributed by atoms with E-state index in [1.54, 1.807) is 18.3 Å². The third kappa shape index (κ3) is 4.50. The van der Waals surface area contributed by atoms with Gasteiger partial charge in [0.05, 0.1) is 41.6 Å². The Bertz CT molecular complexity index is 1770. The van der Waals surface area contributed by atoms with Crippen LogP contribution in [0.5, 0.6) is 11.5 Å². The molecule has 0 atom stereocenters. The second-order valence-electron chi connectivity index (χ2n) is 10.0. The first-order valence-corrected chi connectivity index (χ1v) is 14.8. The summed E-state index contributed by atoms with van der Waals surface area (Å²) in [6.07, 6.45) is 3.70. The second kappa shape index (κ2) is 9.76. The van der Waals surface area contributed by atoms with Gasteiger partial charge in [0.25, 0.3) is 5.91 Å². The Labute approximate surface area is 230 Å². The summed E-state index contributed by atoms with van der Waals surface area (Å²) < 4.78 is 41.7. The van der Waals surface area contributed by atoms with Gasteiger partial charge in [0.2, 0.25) is 6.79 Å². The van der Waals surface area contributed by atoms with Gasteiger partial charge in [-0.1, -0.05) is 6.07 Å². The van der Waals surface area contributed by atoms with Gasteiger partial charge in [-0.25, -0.2) is 13.4 Å². The van der Waals surface area contributed by atoms with Crippen LogP contribution >= 0.6 is 0 Å². The molecule has 0 spiro atoms. The minimum atomic E-state index is -3.50. The van der Waals surface area contributed by atoms with Crippen molar-refractivity contribution in [1.82, 2.24) is 15.3 Å². The van der Waals surface area contributed by atoms with Gasteiger partial charge in [-0.3, -0.25) is 9.78 Å². The maximum atomic E-state index is 12.9. The van der Waals surface area contributed by atoms with Gasteiger partial charge in [0.1, 0.15) is 5.82 Å². The predicted octanol–water partition coefficient (Wildman–Crippen LogP) is 3.68. The van der Waals surface area contributed by atoms with Gasteiger partial charge in [0.15, 0.2) is 21.3 Å². The number of nitrogens with one attached hydrogen (secondary N) is 1. The van der Waals surface area contributed by atoms with Crippen molar-refractivity contribution < 1.29 is 27.4 Å². The molecule has 3 aliphatic heterocycles. The molecule has 10 nitrogen and oxygen atoms in total.